The molecule has 0 aliphatic rings. The van der Waals surface area contributed by atoms with Crippen LogP contribution in [0.1, 0.15) is 18.1 Å². The highest BCUT2D eigenvalue weighted by atomic mass is 127. The molecule has 166 valence electrons. The maximum atomic E-state index is 5.48. The number of guanidine groups is 1. The number of halogens is 1. The third-order valence-corrected chi connectivity index (χ3v) is 4.44. The lowest BCUT2D eigenvalue weighted by atomic mass is 10.2. The predicted molar refractivity (Wildman–Crippen MR) is 134 cm³/mol. The fourth-order valence-electron chi connectivity index (χ4n) is 2.84. The Morgan fingerprint density at radius 2 is 2.00 bits per heavy atom. The van der Waals surface area contributed by atoms with E-state index in [1.54, 1.807) is 20.4 Å². The predicted octanol–water partition coefficient (Wildman–Crippen LogP) is 3.22. The number of hydrogen-bond acceptors (Lipinski definition) is 5. The lowest BCUT2D eigenvalue weighted by Gasteiger charge is -2.24. The summed E-state index contributed by atoms with van der Waals surface area (Å²) in [5.74, 6) is 1.37. The van der Waals surface area contributed by atoms with Crippen LogP contribution in [0.25, 0.3) is 0 Å². The molecule has 30 heavy (non-hydrogen) atoms. The Bertz CT molecular complexity index is 755. The van der Waals surface area contributed by atoms with E-state index in [2.05, 4.69) is 63.6 Å². The van der Waals surface area contributed by atoms with Gasteiger partial charge in [0.15, 0.2) is 5.96 Å². The largest absolute Gasteiger partial charge is 0.475 e. The molecule has 2 rings (SSSR count). The molecule has 2 N–H and O–H groups in total. The molecular formula is C22H34IN5O2. The van der Waals surface area contributed by atoms with Crippen LogP contribution in [-0.4, -0.2) is 57.9 Å². The molecule has 0 atom stereocenters. The number of rotatable bonds is 11. The first-order valence-electron chi connectivity index (χ1n) is 9.99. The summed E-state index contributed by atoms with van der Waals surface area (Å²) in [5.41, 5.74) is 3.58. The first-order chi connectivity index (χ1) is 14.2. The second kappa shape index (κ2) is 14.8. The number of aliphatic imine (C=N–C) groups is 1. The maximum absolute atomic E-state index is 5.48. The summed E-state index contributed by atoms with van der Waals surface area (Å²) in [6.45, 7) is 8.63. The van der Waals surface area contributed by atoms with Gasteiger partial charge in [0.1, 0.15) is 6.61 Å². The fraction of sp³-hybridized carbons (Fsp3) is 0.455. The van der Waals surface area contributed by atoms with Crippen LogP contribution in [0, 0.1) is 6.92 Å². The van der Waals surface area contributed by atoms with Gasteiger partial charge in [-0.25, -0.2) is 4.98 Å². The van der Waals surface area contributed by atoms with Gasteiger partial charge in [-0.15, -0.1) is 24.0 Å². The SMILES string of the molecule is CCN(CCNC(=NC)NCc1ccc(OCCOC)nc1)c1cccc(C)c1.I. The summed E-state index contributed by atoms with van der Waals surface area (Å²) in [6.07, 6.45) is 1.80. The van der Waals surface area contributed by atoms with Crippen molar-refractivity contribution in [2.24, 2.45) is 4.99 Å². The molecule has 0 aliphatic heterocycles. The van der Waals surface area contributed by atoms with Crippen LogP contribution in [-0.2, 0) is 11.3 Å². The average molecular weight is 527 g/mol. The number of benzene rings is 1. The van der Waals surface area contributed by atoms with Crippen LogP contribution in [0.15, 0.2) is 47.6 Å². The van der Waals surface area contributed by atoms with Gasteiger partial charge in [0.2, 0.25) is 5.88 Å². The van der Waals surface area contributed by atoms with Crippen LogP contribution >= 0.6 is 24.0 Å². The second-order valence-corrected chi connectivity index (χ2v) is 6.62. The van der Waals surface area contributed by atoms with E-state index in [9.17, 15) is 0 Å². The van der Waals surface area contributed by atoms with Gasteiger partial charge in [-0.2, -0.15) is 0 Å². The lowest BCUT2D eigenvalue weighted by molar-refractivity contribution is 0.143. The van der Waals surface area contributed by atoms with E-state index in [0.29, 0.717) is 25.6 Å². The van der Waals surface area contributed by atoms with E-state index in [1.807, 2.05) is 12.1 Å². The summed E-state index contributed by atoms with van der Waals surface area (Å²) in [4.78, 5) is 11.0. The maximum Gasteiger partial charge on any atom is 0.213 e. The fourth-order valence-corrected chi connectivity index (χ4v) is 2.84. The number of likely N-dealkylation sites (N-methyl/N-ethyl adjacent to an activating group) is 1. The van der Waals surface area contributed by atoms with Crippen LogP contribution in [0.2, 0.25) is 0 Å². The minimum atomic E-state index is 0. The second-order valence-electron chi connectivity index (χ2n) is 6.62. The standard InChI is InChI=1S/C22H33N5O2.HI/c1-5-27(20-8-6-7-18(2)15-20)12-11-24-22(23-3)26-17-19-9-10-21(25-16-19)29-14-13-28-4;/h6-10,15-16H,5,11-14,17H2,1-4H3,(H2,23,24,26);1H. The number of nitrogens with zero attached hydrogens (tertiary/aromatic N) is 3. The Kier molecular flexibility index (Phi) is 12.8. The highest BCUT2D eigenvalue weighted by Crippen LogP contribution is 2.15. The van der Waals surface area contributed by atoms with Gasteiger partial charge in [-0.1, -0.05) is 18.2 Å². The van der Waals surface area contributed by atoms with Crippen molar-refractivity contribution in [3.63, 3.8) is 0 Å². The number of aryl methyl sites for hydroxylation is 1. The minimum Gasteiger partial charge on any atom is -0.475 e. The van der Waals surface area contributed by atoms with E-state index < -0.39 is 0 Å². The van der Waals surface area contributed by atoms with Crippen molar-refractivity contribution in [3.05, 3.63) is 53.7 Å². The van der Waals surface area contributed by atoms with Gasteiger partial charge >= 0.3 is 0 Å². The van der Waals surface area contributed by atoms with Crippen molar-refractivity contribution in [2.75, 3.05) is 51.9 Å². The first-order valence-corrected chi connectivity index (χ1v) is 9.99. The Morgan fingerprint density at radius 3 is 2.63 bits per heavy atom. The van der Waals surface area contributed by atoms with Gasteiger partial charge in [-0.3, -0.25) is 4.99 Å². The van der Waals surface area contributed by atoms with Crippen LogP contribution in [0.4, 0.5) is 5.69 Å². The van der Waals surface area contributed by atoms with Crippen molar-refractivity contribution in [2.45, 2.75) is 20.4 Å². The molecule has 0 bridgehead atoms. The smallest absolute Gasteiger partial charge is 0.213 e. The molecule has 8 heteroatoms. The third-order valence-electron chi connectivity index (χ3n) is 4.44. The van der Waals surface area contributed by atoms with Crippen molar-refractivity contribution >= 4 is 35.6 Å². The van der Waals surface area contributed by atoms with E-state index in [4.69, 9.17) is 9.47 Å². The molecule has 0 radical (unpaired) electrons. The number of methoxy groups -OCH3 is 1. The van der Waals surface area contributed by atoms with Gasteiger partial charge in [0.25, 0.3) is 0 Å². The zero-order valence-electron chi connectivity index (χ0n) is 18.4. The van der Waals surface area contributed by atoms with Crippen molar-refractivity contribution in [1.29, 1.82) is 0 Å². The molecule has 7 nitrogen and oxygen atoms in total. The van der Waals surface area contributed by atoms with E-state index in [1.165, 1.54) is 11.3 Å². The monoisotopic (exact) mass is 527 g/mol. The van der Waals surface area contributed by atoms with Crippen LogP contribution < -0.4 is 20.3 Å². The van der Waals surface area contributed by atoms with Gasteiger partial charge < -0.3 is 25.0 Å². The number of anilines is 1. The normalized spacial score (nSPS) is 10.9. The molecule has 1 aromatic carbocycles. The lowest BCUT2D eigenvalue weighted by Crippen LogP contribution is -2.41. The van der Waals surface area contributed by atoms with E-state index in [-0.39, 0.29) is 24.0 Å². The van der Waals surface area contributed by atoms with Gasteiger partial charge in [-0.05, 0) is 37.1 Å². The number of nitrogens with one attached hydrogen (secondary N) is 2. The molecule has 2 aromatic rings. The highest BCUT2D eigenvalue weighted by Gasteiger charge is 2.05. The zero-order chi connectivity index (χ0) is 20.9. The highest BCUT2D eigenvalue weighted by molar-refractivity contribution is 14.0. The first kappa shape index (κ1) is 26.0. The molecular weight excluding hydrogens is 493 g/mol. The van der Waals surface area contributed by atoms with E-state index >= 15 is 0 Å². The third kappa shape index (κ3) is 9.17. The summed E-state index contributed by atoms with van der Waals surface area (Å²) >= 11 is 0. The quantitative estimate of drug-likeness (QED) is 0.203. The topological polar surface area (TPSA) is 71.0 Å². The zero-order valence-corrected chi connectivity index (χ0v) is 20.7. The molecule has 0 spiro atoms. The molecule has 0 unspecified atom stereocenters. The number of aromatic nitrogens is 1. The van der Waals surface area contributed by atoms with Crippen molar-refractivity contribution in [3.8, 4) is 5.88 Å². The average Bonchev–Trinajstić information content (AvgIpc) is 2.74. The Balaban J connectivity index is 0.00000450. The molecule has 0 amide bonds. The minimum absolute atomic E-state index is 0. The van der Waals surface area contributed by atoms with Gasteiger partial charge in [0, 0.05) is 58.3 Å². The summed E-state index contributed by atoms with van der Waals surface area (Å²) < 4.78 is 10.4. The number of hydrogen-bond donors (Lipinski definition) is 2. The number of ether oxygens (including phenoxy) is 2. The molecule has 0 saturated carbocycles. The van der Waals surface area contributed by atoms with Crippen molar-refractivity contribution < 1.29 is 9.47 Å². The van der Waals surface area contributed by atoms with Crippen LogP contribution in [0.3, 0.4) is 0 Å². The van der Waals surface area contributed by atoms with Crippen molar-refractivity contribution in [1.82, 2.24) is 15.6 Å². The molecule has 0 saturated heterocycles. The number of pyridine rings is 1. The molecule has 1 heterocycles. The summed E-state index contributed by atoms with van der Waals surface area (Å²) in [7, 11) is 3.42. The Hall–Kier alpha value is -2.07. The molecule has 0 aliphatic carbocycles. The summed E-state index contributed by atoms with van der Waals surface area (Å²) in [5, 5.41) is 6.69. The molecule has 0 fully saturated rings. The van der Waals surface area contributed by atoms with Gasteiger partial charge in [0.05, 0.1) is 6.61 Å². The Morgan fingerprint density at radius 1 is 1.17 bits per heavy atom. The van der Waals surface area contributed by atoms with Crippen LogP contribution in [0.5, 0.6) is 5.88 Å². The summed E-state index contributed by atoms with van der Waals surface area (Å²) in [6, 6.07) is 12.4. The molecule has 1 aromatic heterocycles. The van der Waals surface area contributed by atoms with E-state index in [0.717, 1.165) is 31.2 Å². The Labute approximate surface area is 197 Å².